The molecule has 0 aliphatic heterocycles. The van der Waals surface area contributed by atoms with Crippen LogP contribution >= 0.6 is 15.9 Å². The third-order valence-electron chi connectivity index (χ3n) is 2.88. The zero-order chi connectivity index (χ0) is 15.6. The number of nitrogens with two attached hydrogens (primary N) is 1. The summed E-state index contributed by atoms with van der Waals surface area (Å²) in [5.74, 6) is -1.56. The van der Waals surface area contributed by atoms with Gasteiger partial charge in [0.1, 0.15) is 18.2 Å². The summed E-state index contributed by atoms with van der Waals surface area (Å²) in [6, 6.07) is 6.64. The van der Waals surface area contributed by atoms with Crippen LogP contribution in [0.1, 0.15) is 22.8 Å². The minimum absolute atomic E-state index is 0.119. The van der Waals surface area contributed by atoms with Crippen molar-refractivity contribution in [3.63, 3.8) is 0 Å². The maximum atomic E-state index is 13.6. The topological polar surface area (TPSA) is 52.3 Å². The van der Waals surface area contributed by atoms with Crippen LogP contribution in [-0.4, -0.2) is 5.78 Å². The zero-order valence-corrected chi connectivity index (χ0v) is 12.7. The van der Waals surface area contributed by atoms with Gasteiger partial charge in [-0.1, -0.05) is 22.0 Å². The van der Waals surface area contributed by atoms with Gasteiger partial charge in [0.25, 0.3) is 0 Å². The Hall–Kier alpha value is -1.95. The van der Waals surface area contributed by atoms with E-state index in [0.717, 1.165) is 12.1 Å². The average Bonchev–Trinajstić information content (AvgIpc) is 2.39. The van der Waals surface area contributed by atoms with Crippen LogP contribution < -0.4 is 10.5 Å². The third kappa shape index (κ3) is 3.39. The number of anilines is 1. The molecule has 0 saturated carbocycles. The van der Waals surface area contributed by atoms with Crippen molar-refractivity contribution < 1.29 is 18.3 Å². The van der Waals surface area contributed by atoms with E-state index in [-0.39, 0.29) is 35.0 Å². The lowest BCUT2D eigenvalue weighted by Gasteiger charge is -2.14. The van der Waals surface area contributed by atoms with Crippen molar-refractivity contribution in [3.05, 3.63) is 57.6 Å². The van der Waals surface area contributed by atoms with Crippen LogP contribution in [-0.2, 0) is 6.61 Å². The van der Waals surface area contributed by atoms with Crippen molar-refractivity contribution in [3.8, 4) is 5.75 Å². The molecule has 0 bridgehead atoms. The molecule has 0 heterocycles. The molecule has 0 unspecified atom stereocenters. The summed E-state index contributed by atoms with van der Waals surface area (Å²) >= 11 is 3.23. The van der Waals surface area contributed by atoms with Gasteiger partial charge in [-0.3, -0.25) is 4.79 Å². The molecule has 110 valence electrons. The number of Topliss-reactive ketones (excluding diaryl/α,β-unsaturated/α-hetero) is 1. The summed E-state index contributed by atoms with van der Waals surface area (Å²) in [6.07, 6.45) is 0. The smallest absolute Gasteiger partial charge is 0.163 e. The summed E-state index contributed by atoms with van der Waals surface area (Å²) in [5, 5.41) is 0. The first-order valence-electron chi connectivity index (χ1n) is 6.05. The Labute approximate surface area is 128 Å². The SMILES string of the molecule is CC(=O)c1cc(Br)cc(N)c1OCc1c(F)cccc1F. The monoisotopic (exact) mass is 355 g/mol. The molecule has 0 atom stereocenters. The van der Waals surface area contributed by atoms with Crippen molar-refractivity contribution in [1.29, 1.82) is 0 Å². The highest BCUT2D eigenvalue weighted by Gasteiger charge is 2.16. The third-order valence-corrected chi connectivity index (χ3v) is 3.34. The van der Waals surface area contributed by atoms with Gasteiger partial charge in [0.15, 0.2) is 11.5 Å². The summed E-state index contributed by atoms with van der Waals surface area (Å²) in [4.78, 5) is 11.6. The van der Waals surface area contributed by atoms with E-state index in [9.17, 15) is 13.6 Å². The number of carbonyl (C=O) groups is 1. The Kier molecular flexibility index (Phi) is 4.57. The highest BCUT2D eigenvalue weighted by atomic mass is 79.9. The lowest BCUT2D eigenvalue weighted by Crippen LogP contribution is -2.07. The predicted molar refractivity (Wildman–Crippen MR) is 79.2 cm³/mol. The first kappa shape index (κ1) is 15.4. The van der Waals surface area contributed by atoms with Crippen molar-refractivity contribution in [2.75, 3.05) is 5.73 Å². The molecule has 0 spiro atoms. The first-order valence-corrected chi connectivity index (χ1v) is 6.85. The van der Waals surface area contributed by atoms with Gasteiger partial charge in [-0.25, -0.2) is 8.78 Å². The maximum absolute atomic E-state index is 13.6. The average molecular weight is 356 g/mol. The van der Waals surface area contributed by atoms with Crippen molar-refractivity contribution in [1.82, 2.24) is 0 Å². The normalized spacial score (nSPS) is 10.5. The van der Waals surface area contributed by atoms with E-state index in [0.29, 0.717) is 4.47 Å². The van der Waals surface area contributed by atoms with Crippen molar-refractivity contribution >= 4 is 27.4 Å². The molecule has 0 radical (unpaired) electrons. The molecule has 0 saturated heterocycles. The summed E-state index contributed by atoms with van der Waals surface area (Å²) in [7, 11) is 0. The van der Waals surface area contributed by atoms with Crippen LogP contribution in [0.4, 0.5) is 14.5 Å². The molecule has 3 nitrogen and oxygen atoms in total. The molecule has 2 aromatic carbocycles. The van der Waals surface area contributed by atoms with Gasteiger partial charge in [-0.05, 0) is 31.2 Å². The molecule has 0 amide bonds. The molecule has 0 aliphatic rings. The van der Waals surface area contributed by atoms with Crippen molar-refractivity contribution in [2.24, 2.45) is 0 Å². The minimum Gasteiger partial charge on any atom is -0.486 e. The zero-order valence-electron chi connectivity index (χ0n) is 11.1. The lowest BCUT2D eigenvalue weighted by atomic mass is 10.1. The van der Waals surface area contributed by atoms with E-state index < -0.39 is 11.6 Å². The molecule has 21 heavy (non-hydrogen) atoms. The maximum Gasteiger partial charge on any atom is 0.163 e. The summed E-state index contributed by atoms with van der Waals surface area (Å²) in [6.45, 7) is 1.00. The van der Waals surface area contributed by atoms with E-state index in [1.807, 2.05) is 0 Å². The van der Waals surface area contributed by atoms with Gasteiger partial charge < -0.3 is 10.5 Å². The van der Waals surface area contributed by atoms with E-state index in [1.54, 1.807) is 12.1 Å². The fraction of sp³-hybridized carbons (Fsp3) is 0.133. The number of benzene rings is 2. The van der Waals surface area contributed by atoms with E-state index in [1.165, 1.54) is 13.0 Å². The number of nitrogen functional groups attached to an aromatic ring is 1. The summed E-state index contributed by atoms with van der Waals surface area (Å²) < 4.78 is 33.1. The fourth-order valence-corrected chi connectivity index (χ4v) is 2.33. The van der Waals surface area contributed by atoms with Crippen LogP contribution in [0.15, 0.2) is 34.8 Å². The summed E-state index contributed by atoms with van der Waals surface area (Å²) in [5.41, 5.74) is 6.05. The van der Waals surface area contributed by atoms with Crippen LogP contribution in [0.25, 0.3) is 0 Å². The van der Waals surface area contributed by atoms with Gasteiger partial charge >= 0.3 is 0 Å². The second kappa shape index (κ2) is 6.22. The second-order valence-corrected chi connectivity index (χ2v) is 5.33. The highest BCUT2D eigenvalue weighted by Crippen LogP contribution is 2.32. The highest BCUT2D eigenvalue weighted by molar-refractivity contribution is 9.10. The van der Waals surface area contributed by atoms with Crippen LogP contribution in [0, 0.1) is 11.6 Å². The lowest BCUT2D eigenvalue weighted by molar-refractivity contribution is 0.101. The first-order chi connectivity index (χ1) is 9.90. The fourth-order valence-electron chi connectivity index (χ4n) is 1.85. The molecule has 0 aromatic heterocycles. The van der Waals surface area contributed by atoms with Gasteiger partial charge in [0, 0.05) is 4.47 Å². The van der Waals surface area contributed by atoms with Crippen LogP contribution in [0.3, 0.4) is 0 Å². The van der Waals surface area contributed by atoms with Crippen LogP contribution in [0.2, 0.25) is 0 Å². The van der Waals surface area contributed by atoms with E-state index in [4.69, 9.17) is 10.5 Å². The molecule has 2 N–H and O–H groups in total. The Balaban J connectivity index is 2.34. The van der Waals surface area contributed by atoms with Gasteiger partial charge in [-0.15, -0.1) is 0 Å². The number of carbonyl (C=O) groups excluding carboxylic acids is 1. The van der Waals surface area contributed by atoms with Crippen molar-refractivity contribution in [2.45, 2.75) is 13.5 Å². The standard InChI is InChI=1S/C15H12BrF2NO2/c1-8(20)10-5-9(16)6-14(19)15(10)21-7-11-12(17)3-2-4-13(11)18/h2-6H,7,19H2,1H3. The molecular formula is C15H12BrF2NO2. The molecule has 2 rings (SSSR count). The number of halogens is 3. The molecule has 0 fully saturated rings. The molecule has 6 heteroatoms. The van der Waals surface area contributed by atoms with Crippen LogP contribution in [0.5, 0.6) is 5.75 Å². The number of ether oxygens (including phenoxy) is 1. The number of hydrogen-bond acceptors (Lipinski definition) is 3. The quantitative estimate of drug-likeness (QED) is 0.663. The second-order valence-electron chi connectivity index (χ2n) is 4.42. The number of hydrogen-bond donors (Lipinski definition) is 1. The largest absolute Gasteiger partial charge is 0.486 e. The van der Waals surface area contributed by atoms with E-state index in [2.05, 4.69) is 15.9 Å². The molecule has 0 aliphatic carbocycles. The Morgan fingerprint density at radius 2 is 1.90 bits per heavy atom. The number of ketones is 1. The predicted octanol–water partition coefficient (Wildman–Crippen LogP) is 4.09. The van der Waals surface area contributed by atoms with E-state index >= 15 is 0 Å². The van der Waals surface area contributed by atoms with Gasteiger partial charge in [-0.2, -0.15) is 0 Å². The molecule has 2 aromatic rings. The Bertz CT molecular complexity index is 684. The Morgan fingerprint density at radius 3 is 2.48 bits per heavy atom. The van der Waals surface area contributed by atoms with Gasteiger partial charge in [0.2, 0.25) is 0 Å². The minimum atomic E-state index is -0.713. The molecular weight excluding hydrogens is 344 g/mol. The van der Waals surface area contributed by atoms with Gasteiger partial charge in [0.05, 0.1) is 16.8 Å². The number of rotatable bonds is 4. The Morgan fingerprint density at radius 1 is 1.29 bits per heavy atom.